The van der Waals surface area contributed by atoms with Crippen molar-refractivity contribution >= 4 is 23.4 Å². The van der Waals surface area contributed by atoms with Crippen LogP contribution in [0.1, 0.15) is 38.8 Å². The zero-order valence-corrected chi connectivity index (χ0v) is 12.0. The molecule has 0 unspecified atom stereocenters. The van der Waals surface area contributed by atoms with Crippen LogP contribution in [0.25, 0.3) is 0 Å². The Labute approximate surface area is 109 Å². The van der Waals surface area contributed by atoms with Gasteiger partial charge in [-0.05, 0) is 29.9 Å². The number of hydrogen-bond acceptors (Lipinski definition) is 1. The van der Waals surface area contributed by atoms with Crippen LogP contribution in [0.4, 0.5) is 0 Å². The molecule has 2 heteroatoms. The Hall–Kier alpha value is -0.580. The van der Waals surface area contributed by atoms with Crippen molar-refractivity contribution < 1.29 is 0 Å². The lowest BCUT2D eigenvalue weighted by Gasteiger charge is -2.07. The van der Waals surface area contributed by atoms with Crippen molar-refractivity contribution in [2.45, 2.75) is 39.0 Å². The van der Waals surface area contributed by atoms with E-state index < -0.39 is 0 Å². The third-order valence-corrected chi connectivity index (χ3v) is 3.18. The lowest BCUT2D eigenvalue weighted by Crippen LogP contribution is -1.90. The number of rotatable bonds is 3. The number of hydrogen-bond donors (Lipinski definition) is 0. The molecule has 0 spiro atoms. The Kier molecular flexibility index (Phi) is 8.25. The molecule has 0 atom stereocenters. The molecule has 0 bridgehead atoms. The molecule has 1 aromatic carbocycles. The Morgan fingerprint density at radius 1 is 1.31 bits per heavy atom. The van der Waals surface area contributed by atoms with Crippen LogP contribution in [-0.4, -0.2) is 5.75 Å². The maximum atomic E-state index is 6.14. The monoisotopic (exact) mass is 254 g/mol. The molecule has 0 radical (unpaired) electrons. The average Bonchev–Trinajstić information content (AvgIpc) is 2.31. The molecule has 0 saturated carbocycles. The van der Waals surface area contributed by atoms with Gasteiger partial charge in [0, 0.05) is 15.5 Å². The van der Waals surface area contributed by atoms with Gasteiger partial charge in [0.15, 0.2) is 0 Å². The van der Waals surface area contributed by atoms with E-state index in [-0.39, 0.29) is 0 Å². The van der Waals surface area contributed by atoms with Gasteiger partial charge in [-0.2, -0.15) is 0 Å². The fourth-order valence-electron chi connectivity index (χ4n) is 1.35. The van der Waals surface area contributed by atoms with Gasteiger partial charge in [-0.1, -0.05) is 45.2 Å². The molecule has 88 valence electrons. The molecular formula is C14H19ClS. The Morgan fingerprint density at radius 3 is 2.38 bits per heavy atom. The van der Waals surface area contributed by atoms with Gasteiger partial charge in [-0.25, -0.2) is 0 Å². The highest BCUT2D eigenvalue weighted by atomic mass is 35.5. The summed E-state index contributed by atoms with van der Waals surface area (Å²) in [5, 5.41) is 0.791. The van der Waals surface area contributed by atoms with Crippen molar-refractivity contribution in [1.82, 2.24) is 0 Å². The largest absolute Gasteiger partial charge is 0.126 e. The number of halogens is 1. The van der Waals surface area contributed by atoms with Crippen molar-refractivity contribution in [3.63, 3.8) is 0 Å². The lowest BCUT2D eigenvalue weighted by molar-refractivity contribution is 1.12. The van der Waals surface area contributed by atoms with Crippen LogP contribution in [0.5, 0.6) is 0 Å². The van der Waals surface area contributed by atoms with Gasteiger partial charge in [-0.15, -0.1) is 18.2 Å². The van der Waals surface area contributed by atoms with Crippen LogP contribution in [0.2, 0.25) is 5.02 Å². The van der Waals surface area contributed by atoms with E-state index in [9.17, 15) is 0 Å². The zero-order chi connectivity index (χ0) is 12.6. The second-order valence-electron chi connectivity index (χ2n) is 2.86. The second-order valence-corrected chi connectivity index (χ2v) is 4.61. The Bertz CT molecular complexity index is 364. The predicted molar refractivity (Wildman–Crippen MR) is 76.5 cm³/mol. The molecule has 0 amide bonds. The fourth-order valence-corrected chi connectivity index (χ4v) is 2.50. The summed E-state index contributed by atoms with van der Waals surface area (Å²) in [6.07, 6.45) is 6.33. The Balaban J connectivity index is 0.00000106. The van der Waals surface area contributed by atoms with Gasteiger partial charge in [-0.3, -0.25) is 0 Å². The molecule has 0 nitrogen and oxygen atoms in total. The summed E-state index contributed by atoms with van der Waals surface area (Å²) in [6, 6.07) is 4.04. The van der Waals surface area contributed by atoms with E-state index in [4.69, 9.17) is 18.0 Å². The molecule has 0 aliphatic heterocycles. The van der Waals surface area contributed by atoms with Crippen LogP contribution in [0.15, 0.2) is 17.0 Å². The van der Waals surface area contributed by atoms with Crippen molar-refractivity contribution in [1.29, 1.82) is 0 Å². The molecule has 0 fully saturated rings. The maximum Gasteiger partial charge on any atom is 0.0461 e. The van der Waals surface area contributed by atoms with Crippen molar-refractivity contribution in [3.8, 4) is 12.3 Å². The maximum absolute atomic E-state index is 6.14. The van der Waals surface area contributed by atoms with Crippen LogP contribution in [0, 0.1) is 12.3 Å². The summed E-state index contributed by atoms with van der Waals surface area (Å²) in [7, 11) is 0. The van der Waals surface area contributed by atoms with E-state index in [1.165, 1.54) is 0 Å². The van der Waals surface area contributed by atoms with Gasteiger partial charge in [0.05, 0.1) is 0 Å². The smallest absolute Gasteiger partial charge is 0.0461 e. The topological polar surface area (TPSA) is 0 Å². The summed E-state index contributed by atoms with van der Waals surface area (Å²) in [4.78, 5) is 1.16. The molecule has 0 aliphatic rings. The SMILES string of the molecule is C#Cc1cc(SCC)cc(Cl)c1CC.CC. The Morgan fingerprint density at radius 2 is 1.94 bits per heavy atom. The molecule has 16 heavy (non-hydrogen) atoms. The summed E-state index contributed by atoms with van der Waals surface area (Å²) < 4.78 is 0. The number of terminal acetylenes is 1. The summed E-state index contributed by atoms with van der Waals surface area (Å²) >= 11 is 7.90. The first-order valence-electron chi connectivity index (χ1n) is 5.64. The molecular weight excluding hydrogens is 236 g/mol. The number of benzene rings is 1. The van der Waals surface area contributed by atoms with E-state index in [0.717, 1.165) is 33.2 Å². The zero-order valence-electron chi connectivity index (χ0n) is 10.4. The van der Waals surface area contributed by atoms with Crippen molar-refractivity contribution in [3.05, 3.63) is 28.3 Å². The van der Waals surface area contributed by atoms with Crippen LogP contribution in [0.3, 0.4) is 0 Å². The number of thioether (sulfide) groups is 1. The lowest BCUT2D eigenvalue weighted by atomic mass is 10.1. The quantitative estimate of drug-likeness (QED) is 0.539. The minimum atomic E-state index is 0.791. The average molecular weight is 255 g/mol. The highest BCUT2D eigenvalue weighted by Gasteiger charge is 2.06. The predicted octanol–water partition coefficient (Wildman–Crippen LogP) is 5.02. The van der Waals surface area contributed by atoms with E-state index in [0.29, 0.717) is 0 Å². The summed E-state index contributed by atoms with van der Waals surface area (Å²) in [5.74, 6) is 3.72. The third kappa shape index (κ3) is 4.12. The molecule has 1 aromatic rings. The van der Waals surface area contributed by atoms with Crippen LogP contribution >= 0.6 is 23.4 Å². The van der Waals surface area contributed by atoms with E-state index in [1.54, 1.807) is 11.8 Å². The van der Waals surface area contributed by atoms with E-state index in [1.807, 2.05) is 26.0 Å². The molecule has 0 aromatic heterocycles. The molecule has 0 aliphatic carbocycles. The third-order valence-electron chi connectivity index (χ3n) is 1.99. The van der Waals surface area contributed by atoms with Crippen LogP contribution < -0.4 is 0 Å². The first-order valence-corrected chi connectivity index (χ1v) is 7.01. The standard InChI is InChI=1S/C12H13ClS.C2H6/c1-4-9-7-10(14-6-3)8-12(13)11(9)5-2;1-2/h1,7-8H,5-6H2,2-3H3;1-2H3. The normalized spacial score (nSPS) is 9.00. The first-order chi connectivity index (χ1) is 7.72. The highest BCUT2D eigenvalue weighted by Crippen LogP contribution is 2.28. The van der Waals surface area contributed by atoms with Gasteiger partial charge in [0.2, 0.25) is 0 Å². The second kappa shape index (κ2) is 8.56. The van der Waals surface area contributed by atoms with Crippen molar-refractivity contribution in [2.75, 3.05) is 5.75 Å². The molecule has 0 N–H and O–H groups in total. The molecule has 0 saturated heterocycles. The molecule has 0 heterocycles. The molecule has 1 rings (SSSR count). The summed E-state index contributed by atoms with van der Waals surface area (Å²) in [6.45, 7) is 8.18. The minimum absolute atomic E-state index is 0.791. The van der Waals surface area contributed by atoms with Crippen LogP contribution in [-0.2, 0) is 6.42 Å². The van der Waals surface area contributed by atoms with Crippen molar-refractivity contribution in [2.24, 2.45) is 0 Å². The van der Waals surface area contributed by atoms with E-state index >= 15 is 0 Å². The van der Waals surface area contributed by atoms with Gasteiger partial charge >= 0.3 is 0 Å². The van der Waals surface area contributed by atoms with Gasteiger partial charge < -0.3 is 0 Å². The fraction of sp³-hybridized carbons (Fsp3) is 0.429. The van der Waals surface area contributed by atoms with E-state index in [2.05, 4.69) is 19.8 Å². The first kappa shape index (κ1) is 15.4. The highest BCUT2D eigenvalue weighted by molar-refractivity contribution is 7.99. The van der Waals surface area contributed by atoms with Gasteiger partial charge in [0.1, 0.15) is 0 Å². The summed E-state index contributed by atoms with van der Waals surface area (Å²) in [5.41, 5.74) is 2.01. The minimum Gasteiger partial charge on any atom is -0.126 e. The van der Waals surface area contributed by atoms with Gasteiger partial charge in [0.25, 0.3) is 0 Å².